The maximum absolute atomic E-state index is 13.0. The van der Waals surface area contributed by atoms with E-state index in [1.54, 1.807) is 0 Å². The number of amides is 1. The number of nitrogens with one attached hydrogen (secondary N) is 1. The smallest absolute Gasteiger partial charge is 0.230 e. The van der Waals surface area contributed by atoms with Crippen molar-refractivity contribution >= 4 is 34.2 Å². The molecule has 0 aliphatic heterocycles. The molecule has 118 valence electrons. The number of aliphatic hydroxyl groups is 1. The van der Waals surface area contributed by atoms with Gasteiger partial charge in [-0.05, 0) is 97.6 Å². The van der Waals surface area contributed by atoms with Gasteiger partial charge in [0.2, 0.25) is 5.91 Å². The SMILES string of the molecule is Cc1ccc(NC(=O)C23C[C@@H]4C[C@@H](CC(O)(C4)C2)C3)cc1I. The van der Waals surface area contributed by atoms with Crippen molar-refractivity contribution in [2.24, 2.45) is 17.3 Å². The number of hydrogen-bond acceptors (Lipinski definition) is 2. The van der Waals surface area contributed by atoms with Crippen molar-refractivity contribution in [3.63, 3.8) is 0 Å². The number of anilines is 1. The van der Waals surface area contributed by atoms with Crippen LogP contribution < -0.4 is 5.32 Å². The zero-order chi connectivity index (χ0) is 15.5. The van der Waals surface area contributed by atoms with Crippen LogP contribution in [-0.2, 0) is 4.79 Å². The molecular formula is C18H22INO2. The first-order valence-electron chi connectivity index (χ1n) is 8.18. The molecule has 0 heterocycles. The van der Waals surface area contributed by atoms with Gasteiger partial charge in [-0.3, -0.25) is 4.79 Å². The van der Waals surface area contributed by atoms with Crippen molar-refractivity contribution in [1.29, 1.82) is 0 Å². The van der Waals surface area contributed by atoms with Crippen LogP contribution in [0.2, 0.25) is 0 Å². The Morgan fingerprint density at radius 2 is 1.95 bits per heavy atom. The van der Waals surface area contributed by atoms with Crippen LogP contribution in [0.1, 0.15) is 44.1 Å². The molecule has 4 saturated carbocycles. The number of rotatable bonds is 2. The summed E-state index contributed by atoms with van der Waals surface area (Å²) in [4.78, 5) is 13.0. The second-order valence-corrected chi connectivity index (χ2v) is 9.05. The van der Waals surface area contributed by atoms with Crippen LogP contribution in [0.3, 0.4) is 0 Å². The highest BCUT2D eigenvalue weighted by Crippen LogP contribution is 2.61. The lowest BCUT2D eigenvalue weighted by atomic mass is 9.47. The summed E-state index contributed by atoms with van der Waals surface area (Å²) in [5.41, 5.74) is 1.18. The van der Waals surface area contributed by atoms with Gasteiger partial charge in [0.1, 0.15) is 0 Å². The Kier molecular flexibility index (Phi) is 3.35. The predicted octanol–water partition coefficient (Wildman–Crippen LogP) is 3.87. The van der Waals surface area contributed by atoms with Gasteiger partial charge in [0.05, 0.1) is 11.0 Å². The van der Waals surface area contributed by atoms with Crippen LogP contribution in [0, 0.1) is 27.7 Å². The minimum atomic E-state index is -0.580. The second kappa shape index (κ2) is 4.94. The predicted molar refractivity (Wildman–Crippen MR) is 94.6 cm³/mol. The minimum Gasteiger partial charge on any atom is -0.390 e. The van der Waals surface area contributed by atoms with Gasteiger partial charge >= 0.3 is 0 Å². The Hall–Kier alpha value is -0.620. The molecule has 0 radical (unpaired) electrons. The van der Waals surface area contributed by atoms with E-state index in [-0.39, 0.29) is 11.3 Å². The Bertz CT molecular complexity index is 628. The molecule has 1 aromatic carbocycles. The van der Waals surface area contributed by atoms with E-state index in [2.05, 4.69) is 34.8 Å². The standard InChI is InChI=1S/C18H22INO2/c1-11-2-3-14(5-15(11)19)20-16(21)17-6-12-4-13(7-17)9-18(22,8-12)10-17/h2-3,5,12-13,22H,4,6-10H2,1H3,(H,20,21)/t12-,13+,17?,18?. The maximum Gasteiger partial charge on any atom is 0.230 e. The quantitative estimate of drug-likeness (QED) is 0.727. The molecule has 4 bridgehead atoms. The Balaban J connectivity index is 1.58. The maximum atomic E-state index is 13.0. The Morgan fingerprint density at radius 3 is 2.55 bits per heavy atom. The van der Waals surface area contributed by atoms with E-state index in [0.717, 1.165) is 31.4 Å². The van der Waals surface area contributed by atoms with E-state index < -0.39 is 5.60 Å². The first-order chi connectivity index (χ1) is 10.4. The van der Waals surface area contributed by atoms with Crippen LogP contribution in [0.15, 0.2) is 18.2 Å². The van der Waals surface area contributed by atoms with Gasteiger partial charge in [-0.1, -0.05) is 6.07 Å². The second-order valence-electron chi connectivity index (χ2n) is 7.88. The van der Waals surface area contributed by atoms with E-state index >= 15 is 0 Å². The highest BCUT2D eigenvalue weighted by atomic mass is 127. The summed E-state index contributed by atoms with van der Waals surface area (Å²) in [6, 6.07) is 6.05. The van der Waals surface area contributed by atoms with E-state index in [1.165, 1.54) is 15.6 Å². The molecule has 1 amide bonds. The first-order valence-corrected chi connectivity index (χ1v) is 9.25. The fourth-order valence-corrected chi connectivity index (χ4v) is 5.93. The minimum absolute atomic E-state index is 0.125. The summed E-state index contributed by atoms with van der Waals surface area (Å²) in [5, 5.41) is 13.9. The van der Waals surface area contributed by atoms with Gasteiger partial charge in [-0.15, -0.1) is 0 Å². The average Bonchev–Trinajstić information content (AvgIpc) is 2.40. The Morgan fingerprint density at radius 1 is 1.27 bits per heavy atom. The molecule has 1 aromatic rings. The van der Waals surface area contributed by atoms with Gasteiger partial charge in [-0.25, -0.2) is 0 Å². The van der Waals surface area contributed by atoms with Gasteiger partial charge in [0, 0.05) is 9.26 Å². The van der Waals surface area contributed by atoms with E-state index in [1.807, 2.05) is 18.2 Å². The summed E-state index contributed by atoms with van der Waals surface area (Å²) in [5.74, 6) is 1.20. The van der Waals surface area contributed by atoms with Crippen molar-refractivity contribution in [2.45, 2.75) is 51.0 Å². The number of halogens is 1. The lowest BCUT2D eigenvalue weighted by molar-refractivity contribution is -0.174. The highest BCUT2D eigenvalue weighted by Gasteiger charge is 2.60. The molecule has 2 unspecified atom stereocenters. The molecule has 4 aliphatic carbocycles. The van der Waals surface area contributed by atoms with Crippen molar-refractivity contribution in [3.8, 4) is 0 Å². The highest BCUT2D eigenvalue weighted by molar-refractivity contribution is 14.1. The van der Waals surface area contributed by atoms with Crippen molar-refractivity contribution < 1.29 is 9.90 Å². The van der Waals surface area contributed by atoms with Crippen LogP contribution in [0.5, 0.6) is 0 Å². The van der Waals surface area contributed by atoms with Crippen LogP contribution in [-0.4, -0.2) is 16.6 Å². The van der Waals surface area contributed by atoms with Crippen LogP contribution >= 0.6 is 22.6 Å². The lowest BCUT2D eigenvalue weighted by Gasteiger charge is -2.59. The normalized spacial score (nSPS) is 39.0. The lowest BCUT2D eigenvalue weighted by Crippen LogP contribution is -2.59. The molecule has 2 N–H and O–H groups in total. The third-order valence-electron chi connectivity index (χ3n) is 5.94. The molecular weight excluding hydrogens is 389 g/mol. The third kappa shape index (κ3) is 2.39. The summed E-state index contributed by atoms with van der Waals surface area (Å²) >= 11 is 2.30. The van der Waals surface area contributed by atoms with Crippen molar-refractivity contribution in [3.05, 3.63) is 27.3 Å². The van der Waals surface area contributed by atoms with Crippen molar-refractivity contribution in [2.75, 3.05) is 5.32 Å². The molecule has 3 nitrogen and oxygen atoms in total. The zero-order valence-electron chi connectivity index (χ0n) is 12.9. The zero-order valence-corrected chi connectivity index (χ0v) is 15.0. The first kappa shape index (κ1) is 14.9. The Labute approximate surface area is 145 Å². The molecule has 22 heavy (non-hydrogen) atoms. The summed E-state index contributed by atoms with van der Waals surface area (Å²) in [7, 11) is 0. The van der Waals surface area contributed by atoms with Gasteiger partial charge in [-0.2, -0.15) is 0 Å². The number of carbonyl (C=O) groups is 1. The largest absolute Gasteiger partial charge is 0.390 e. The topological polar surface area (TPSA) is 49.3 Å². The van der Waals surface area contributed by atoms with E-state index in [9.17, 15) is 9.90 Å². The molecule has 0 spiro atoms. The molecule has 4 heteroatoms. The van der Waals surface area contributed by atoms with Gasteiger partial charge in [0.15, 0.2) is 0 Å². The molecule has 0 saturated heterocycles. The fraction of sp³-hybridized carbons (Fsp3) is 0.611. The van der Waals surface area contributed by atoms with Gasteiger partial charge < -0.3 is 10.4 Å². The molecule has 4 atom stereocenters. The summed E-state index contributed by atoms with van der Waals surface area (Å²) in [6.45, 7) is 2.07. The van der Waals surface area contributed by atoms with Crippen LogP contribution in [0.4, 0.5) is 5.69 Å². The molecule has 5 rings (SSSR count). The van der Waals surface area contributed by atoms with E-state index in [0.29, 0.717) is 18.3 Å². The number of hydrogen-bond donors (Lipinski definition) is 2. The van der Waals surface area contributed by atoms with Gasteiger partial charge in [0.25, 0.3) is 0 Å². The molecule has 4 fully saturated rings. The third-order valence-corrected chi connectivity index (χ3v) is 7.10. The van der Waals surface area contributed by atoms with E-state index in [4.69, 9.17) is 0 Å². The number of carbonyl (C=O) groups excluding carboxylic acids is 1. The molecule has 0 aromatic heterocycles. The summed E-state index contributed by atoms with van der Waals surface area (Å²) < 4.78 is 1.17. The number of benzene rings is 1. The fourth-order valence-electron chi connectivity index (χ4n) is 5.41. The average molecular weight is 411 g/mol. The number of aryl methyl sites for hydroxylation is 1. The monoisotopic (exact) mass is 411 g/mol. The van der Waals surface area contributed by atoms with Crippen molar-refractivity contribution in [1.82, 2.24) is 0 Å². The van der Waals surface area contributed by atoms with Crippen LogP contribution in [0.25, 0.3) is 0 Å². The molecule has 4 aliphatic rings. The summed E-state index contributed by atoms with van der Waals surface area (Å²) in [6.07, 6.45) is 5.59.